The molecule has 1 aromatic rings. The lowest BCUT2D eigenvalue weighted by molar-refractivity contribution is -0.384. The minimum Gasteiger partial charge on any atom is -0.434 e. The van der Waals surface area contributed by atoms with Gasteiger partial charge in [-0.1, -0.05) is 6.42 Å². The molecule has 1 rings (SSSR count). The number of nitro groups is 1. The molecule has 0 spiro atoms. The van der Waals surface area contributed by atoms with Crippen molar-refractivity contribution in [2.24, 2.45) is 0 Å². The van der Waals surface area contributed by atoms with Gasteiger partial charge in [-0.15, -0.1) is 0 Å². The first-order chi connectivity index (χ1) is 9.63. The molecule has 0 unspecified atom stereocenters. The van der Waals surface area contributed by atoms with Crippen LogP contribution in [-0.4, -0.2) is 29.4 Å². The number of unbranched alkanes of at least 4 members (excludes halogenated alkanes) is 3. The fourth-order valence-electron chi connectivity index (χ4n) is 1.48. The largest absolute Gasteiger partial charge is 0.513 e. The minimum atomic E-state index is -0.832. The summed E-state index contributed by atoms with van der Waals surface area (Å²) in [5, 5.41) is 19.0. The van der Waals surface area contributed by atoms with E-state index < -0.39 is 11.1 Å². The van der Waals surface area contributed by atoms with E-state index >= 15 is 0 Å². The van der Waals surface area contributed by atoms with E-state index in [0.29, 0.717) is 6.42 Å². The molecule has 110 valence electrons. The number of rotatable bonds is 8. The van der Waals surface area contributed by atoms with Crippen LogP contribution >= 0.6 is 0 Å². The molecule has 0 aliphatic rings. The Morgan fingerprint density at radius 3 is 2.40 bits per heavy atom. The van der Waals surface area contributed by atoms with Crippen LogP contribution in [0.15, 0.2) is 24.3 Å². The van der Waals surface area contributed by atoms with Gasteiger partial charge < -0.3 is 14.6 Å². The first kappa shape index (κ1) is 15.9. The molecule has 7 heteroatoms. The van der Waals surface area contributed by atoms with E-state index in [0.717, 1.165) is 19.3 Å². The van der Waals surface area contributed by atoms with Gasteiger partial charge in [0.05, 0.1) is 11.5 Å². The Morgan fingerprint density at radius 2 is 1.80 bits per heavy atom. The summed E-state index contributed by atoms with van der Waals surface area (Å²) in [5.74, 6) is 0.195. The van der Waals surface area contributed by atoms with Crippen LogP contribution in [0, 0.1) is 10.1 Å². The van der Waals surface area contributed by atoms with Crippen molar-refractivity contribution < 1.29 is 24.3 Å². The van der Waals surface area contributed by atoms with E-state index in [1.165, 1.54) is 24.3 Å². The van der Waals surface area contributed by atoms with Crippen molar-refractivity contribution in [3.8, 4) is 5.75 Å². The summed E-state index contributed by atoms with van der Waals surface area (Å²) in [6.07, 6.45) is 2.37. The molecule has 7 nitrogen and oxygen atoms in total. The standard InChI is InChI=1S/C13H17NO6/c15-9-3-1-2-4-10-19-13(16)20-12-7-5-11(6-8-12)14(17)18/h5-8,15H,1-4,9-10H2. The summed E-state index contributed by atoms with van der Waals surface area (Å²) in [6.45, 7) is 0.417. The summed E-state index contributed by atoms with van der Waals surface area (Å²) < 4.78 is 9.70. The fourth-order valence-corrected chi connectivity index (χ4v) is 1.48. The highest BCUT2D eigenvalue weighted by atomic mass is 16.7. The summed E-state index contributed by atoms with van der Waals surface area (Å²) in [6, 6.07) is 5.16. The highest BCUT2D eigenvalue weighted by molar-refractivity contribution is 5.63. The van der Waals surface area contributed by atoms with Crippen LogP contribution in [0.2, 0.25) is 0 Å². The number of carbonyl (C=O) groups excluding carboxylic acids is 1. The predicted octanol–water partition coefficient (Wildman–Crippen LogP) is 2.66. The predicted molar refractivity (Wildman–Crippen MR) is 70.6 cm³/mol. The van der Waals surface area contributed by atoms with Gasteiger partial charge in [-0.05, 0) is 31.4 Å². The van der Waals surface area contributed by atoms with Crippen molar-refractivity contribution in [1.82, 2.24) is 0 Å². The van der Waals surface area contributed by atoms with Crippen molar-refractivity contribution in [2.75, 3.05) is 13.2 Å². The Morgan fingerprint density at radius 1 is 1.15 bits per heavy atom. The lowest BCUT2D eigenvalue weighted by Crippen LogP contribution is -2.11. The van der Waals surface area contributed by atoms with E-state index in [9.17, 15) is 14.9 Å². The Hall–Kier alpha value is -2.15. The molecule has 0 saturated heterocycles. The number of nitro benzene ring substituents is 1. The third-order valence-electron chi connectivity index (χ3n) is 2.52. The molecular weight excluding hydrogens is 266 g/mol. The zero-order chi connectivity index (χ0) is 14.8. The van der Waals surface area contributed by atoms with Crippen molar-refractivity contribution in [2.45, 2.75) is 25.7 Å². The average Bonchev–Trinajstić information content (AvgIpc) is 2.43. The topological polar surface area (TPSA) is 98.9 Å². The fraction of sp³-hybridized carbons (Fsp3) is 0.462. The van der Waals surface area contributed by atoms with Crippen LogP contribution in [0.25, 0.3) is 0 Å². The molecule has 0 aromatic heterocycles. The number of carbonyl (C=O) groups is 1. The van der Waals surface area contributed by atoms with Crippen molar-refractivity contribution in [1.29, 1.82) is 0 Å². The van der Waals surface area contributed by atoms with Crippen LogP contribution in [0.1, 0.15) is 25.7 Å². The number of hydrogen-bond donors (Lipinski definition) is 1. The Labute approximate surface area is 116 Å². The van der Waals surface area contributed by atoms with Gasteiger partial charge in [0.25, 0.3) is 5.69 Å². The number of aliphatic hydroxyl groups is 1. The van der Waals surface area contributed by atoms with Crippen molar-refractivity contribution in [3.63, 3.8) is 0 Å². The molecule has 0 amide bonds. The normalized spacial score (nSPS) is 10.1. The van der Waals surface area contributed by atoms with Gasteiger partial charge in [-0.3, -0.25) is 10.1 Å². The monoisotopic (exact) mass is 283 g/mol. The Kier molecular flexibility index (Phi) is 7.05. The zero-order valence-electron chi connectivity index (χ0n) is 11.0. The number of hydrogen-bond acceptors (Lipinski definition) is 6. The van der Waals surface area contributed by atoms with E-state index in [1.54, 1.807) is 0 Å². The number of nitrogens with zero attached hydrogens (tertiary/aromatic N) is 1. The maximum absolute atomic E-state index is 11.3. The van der Waals surface area contributed by atoms with E-state index in [1.807, 2.05) is 0 Å². The molecule has 20 heavy (non-hydrogen) atoms. The summed E-state index contributed by atoms with van der Waals surface area (Å²) in [7, 11) is 0. The van der Waals surface area contributed by atoms with Gasteiger partial charge >= 0.3 is 6.16 Å². The third-order valence-corrected chi connectivity index (χ3v) is 2.52. The van der Waals surface area contributed by atoms with Crippen LogP contribution in [0.3, 0.4) is 0 Å². The van der Waals surface area contributed by atoms with E-state index in [-0.39, 0.29) is 24.7 Å². The molecule has 0 aliphatic carbocycles. The SMILES string of the molecule is O=C(OCCCCCCO)Oc1ccc([N+](=O)[O-])cc1. The number of aliphatic hydroxyl groups excluding tert-OH is 1. The van der Waals surface area contributed by atoms with Crippen LogP contribution in [0.4, 0.5) is 10.5 Å². The summed E-state index contributed by atoms with van der Waals surface area (Å²) in [5.41, 5.74) is -0.0744. The Bertz CT molecular complexity index is 431. The lowest BCUT2D eigenvalue weighted by Gasteiger charge is -2.05. The third kappa shape index (κ3) is 6.14. The number of ether oxygens (including phenoxy) is 2. The first-order valence-corrected chi connectivity index (χ1v) is 6.33. The lowest BCUT2D eigenvalue weighted by atomic mass is 10.2. The second-order valence-corrected chi connectivity index (χ2v) is 4.09. The summed E-state index contributed by atoms with van der Waals surface area (Å²) >= 11 is 0. The highest BCUT2D eigenvalue weighted by Crippen LogP contribution is 2.17. The van der Waals surface area contributed by atoms with Crippen LogP contribution in [-0.2, 0) is 4.74 Å². The maximum Gasteiger partial charge on any atom is 0.513 e. The van der Waals surface area contributed by atoms with Gasteiger partial charge in [0, 0.05) is 18.7 Å². The highest BCUT2D eigenvalue weighted by Gasteiger charge is 2.08. The van der Waals surface area contributed by atoms with Crippen LogP contribution < -0.4 is 4.74 Å². The molecule has 1 aromatic carbocycles. The molecular formula is C13H17NO6. The first-order valence-electron chi connectivity index (χ1n) is 6.33. The number of benzene rings is 1. The number of non-ortho nitro benzene ring substituents is 1. The minimum absolute atomic E-state index is 0.0744. The molecule has 0 atom stereocenters. The molecule has 0 radical (unpaired) electrons. The van der Waals surface area contributed by atoms with Gasteiger partial charge in [0.1, 0.15) is 5.75 Å². The van der Waals surface area contributed by atoms with Gasteiger partial charge in [-0.25, -0.2) is 4.79 Å². The quantitative estimate of drug-likeness (QED) is 0.259. The van der Waals surface area contributed by atoms with Gasteiger partial charge in [-0.2, -0.15) is 0 Å². The molecule has 1 N–H and O–H groups in total. The Balaban J connectivity index is 2.23. The molecule has 0 aliphatic heterocycles. The van der Waals surface area contributed by atoms with Crippen LogP contribution in [0.5, 0.6) is 5.75 Å². The molecule has 0 heterocycles. The van der Waals surface area contributed by atoms with E-state index in [2.05, 4.69) is 0 Å². The van der Waals surface area contributed by atoms with E-state index in [4.69, 9.17) is 14.6 Å². The maximum atomic E-state index is 11.3. The smallest absolute Gasteiger partial charge is 0.434 e. The average molecular weight is 283 g/mol. The molecule has 0 bridgehead atoms. The molecule has 0 saturated carbocycles. The second kappa shape index (κ2) is 8.87. The van der Waals surface area contributed by atoms with Gasteiger partial charge in [0.15, 0.2) is 0 Å². The summed E-state index contributed by atoms with van der Waals surface area (Å²) in [4.78, 5) is 21.2. The van der Waals surface area contributed by atoms with Crippen molar-refractivity contribution >= 4 is 11.8 Å². The molecule has 0 fully saturated rings. The van der Waals surface area contributed by atoms with Crippen molar-refractivity contribution in [3.05, 3.63) is 34.4 Å². The zero-order valence-corrected chi connectivity index (χ0v) is 11.0. The second-order valence-electron chi connectivity index (χ2n) is 4.09. The van der Waals surface area contributed by atoms with Gasteiger partial charge in [0.2, 0.25) is 0 Å².